The first-order valence-electron chi connectivity index (χ1n) is 6.75. The van der Waals surface area contributed by atoms with Crippen molar-refractivity contribution in [2.75, 3.05) is 29.9 Å². The molecule has 0 aliphatic heterocycles. The number of halogens is 1. The molecule has 0 spiro atoms. The van der Waals surface area contributed by atoms with Gasteiger partial charge in [0.25, 0.3) is 0 Å². The summed E-state index contributed by atoms with van der Waals surface area (Å²) in [6.07, 6.45) is 5.75. The molecule has 1 heterocycles. The molecule has 18 heavy (non-hydrogen) atoms. The number of hydrogen-bond donors (Lipinski definition) is 1. The van der Waals surface area contributed by atoms with Gasteiger partial charge in [0, 0.05) is 19.6 Å². The maximum atomic E-state index is 4.43. The van der Waals surface area contributed by atoms with Gasteiger partial charge in [-0.3, -0.25) is 0 Å². The fourth-order valence-corrected chi connectivity index (χ4v) is 2.82. The van der Waals surface area contributed by atoms with E-state index in [1.807, 2.05) is 0 Å². The van der Waals surface area contributed by atoms with Crippen molar-refractivity contribution < 1.29 is 0 Å². The molecule has 0 amide bonds. The van der Waals surface area contributed by atoms with Gasteiger partial charge in [0.05, 0.1) is 0 Å². The molecule has 0 aromatic carbocycles. The summed E-state index contributed by atoms with van der Waals surface area (Å²) in [5, 5.41) is 3.25. The van der Waals surface area contributed by atoms with E-state index in [0.29, 0.717) is 0 Å². The molecule has 1 N–H and O–H groups in total. The zero-order valence-corrected chi connectivity index (χ0v) is 12.7. The third kappa shape index (κ3) is 2.94. The highest BCUT2D eigenvalue weighted by Gasteiger charge is 2.22. The first kappa shape index (κ1) is 13.6. The molecule has 1 fully saturated rings. The molecule has 5 heteroatoms. The third-order valence-electron chi connectivity index (χ3n) is 3.50. The first-order chi connectivity index (χ1) is 8.76. The average Bonchev–Trinajstić information content (AvgIpc) is 2.32. The number of rotatable bonds is 6. The molecule has 0 atom stereocenters. The third-order valence-corrected chi connectivity index (χ3v) is 4.23. The van der Waals surface area contributed by atoms with Crippen molar-refractivity contribution in [2.24, 2.45) is 5.92 Å². The topological polar surface area (TPSA) is 41.1 Å². The lowest BCUT2D eigenvalue weighted by Crippen LogP contribution is -2.33. The summed E-state index contributed by atoms with van der Waals surface area (Å²) >= 11 is 3.62. The Kier molecular flexibility index (Phi) is 4.80. The Hall–Kier alpha value is -0.840. The van der Waals surface area contributed by atoms with E-state index in [2.05, 4.69) is 50.0 Å². The molecule has 2 rings (SSSR count). The number of hydrogen-bond acceptors (Lipinski definition) is 4. The molecule has 0 unspecified atom stereocenters. The van der Waals surface area contributed by atoms with Crippen LogP contribution in [0.4, 0.5) is 11.6 Å². The van der Waals surface area contributed by atoms with Crippen LogP contribution >= 0.6 is 15.9 Å². The molecule has 0 saturated heterocycles. The van der Waals surface area contributed by atoms with Gasteiger partial charge < -0.3 is 10.2 Å². The van der Waals surface area contributed by atoms with E-state index in [-0.39, 0.29) is 0 Å². The Morgan fingerprint density at radius 3 is 2.72 bits per heavy atom. The van der Waals surface area contributed by atoms with E-state index in [1.54, 1.807) is 6.33 Å². The number of anilines is 2. The van der Waals surface area contributed by atoms with Gasteiger partial charge in [-0.1, -0.05) is 6.42 Å². The lowest BCUT2D eigenvalue weighted by molar-refractivity contribution is 0.318. The van der Waals surface area contributed by atoms with Gasteiger partial charge in [-0.25, -0.2) is 9.97 Å². The summed E-state index contributed by atoms with van der Waals surface area (Å²) in [5.41, 5.74) is 0. The van der Waals surface area contributed by atoms with Crippen LogP contribution in [0.3, 0.4) is 0 Å². The maximum absolute atomic E-state index is 4.43. The normalized spacial score (nSPS) is 15.3. The molecule has 1 aliphatic carbocycles. The van der Waals surface area contributed by atoms with Crippen molar-refractivity contribution in [2.45, 2.75) is 33.1 Å². The minimum absolute atomic E-state index is 0.842. The lowest BCUT2D eigenvalue weighted by atomic mass is 9.85. The summed E-state index contributed by atoms with van der Waals surface area (Å²) in [4.78, 5) is 11.0. The second-order valence-electron chi connectivity index (χ2n) is 4.73. The molecule has 1 aromatic heterocycles. The van der Waals surface area contributed by atoms with Gasteiger partial charge in [0.1, 0.15) is 22.4 Å². The van der Waals surface area contributed by atoms with Crippen molar-refractivity contribution in [3.8, 4) is 0 Å². The van der Waals surface area contributed by atoms with E-state index < -0.39 is 0 Å². The Morgan fingerprint density at radius 1 is 1.39 bits per heavy atom. The van der Waals surface area contributed by atoms with Gasteiger partial charge >= 0.3 is 0 Å². The summed E-state index contributed by atoms with van der Waals surface area (Å²) in [5.74, 6) is 2.74. The van der Waals surface area contributed by atoms with Crippen LogP contribution in [0.2, 0.25) is 0 Å². The van der Waals surface area contributed by atoms with Crippen LogP contribution in [0.1, 0.15) is 33.1 Å². The highest BCUT2D eigenvalue weighted by Crippen LogP contribution is 2.33. The second-order valence-corrected chi connectivity index (χ2v) is 5.52. The zero-order chi connectivity index (χ0) is 13.0. The SMILES string of the molecule is CCNc1ncnc(N(CC)CC2CCC2)c1Br. The predicted octanol–water partition coefficient (Wildman–Crippen LogP) is 3.30. The molecule has 1 aliphatic rings. The summed E-state index contributed by atoms with van der Waals surface area (Å²) in [6.45, 7) is 7.21. The fourth-order valence-electron chi connectivity index (χ4n) is 2.22. The van der Waals surface area contributed by atoms with E-state index in [4.69, 9.17) is 0 Å². The van der Waals surface area contributed by atoms with Crippen LogP contribution in [0, 0.1) is 5.92 Å². The van der Waals surface area contributed by atoms with Crippen molar-refractivity contribution in [1.82, 2.24) is 9.97 Å². The van der Waals surface area contributed by atoms with Crippen molar-refractivity contribution in [3.05, 3.63) is 10.8 Å². The summed E-state index contributed by atoms with van der Waals surface area (Å²) in [7, 11) is 0. The molecule has 0 radical (unpaired) electrons. The van der Waals surface area contributed by atoms with Crippen molar-refractivity contribution in [1.29, 1.82) is 0 Å². The van der Waals surface area contributed by atoms with Crippen molar-refractivity contribution >= 4 is 27.6 Å². The van der Waals surface area contributed by atoms with Gasteiger partial charge in [-0.05, 0) is 48.5 Å². The minimum Gasteiger partial charge on any atom is -0.369 e. The number of nitrogens with one attached hydrogen (secondary N) is 1. The molecular formula is C13H21BrN4. The zero-order valence-electron chi connectivity index (χ0n) is 11.1. The van der Waals surface area contributed by atoms with E-state index in [9.17, 15) is 0 Å². The molecule has 1 saturated carbocycles. The molecule has 0 bridgehead atoms. The van der Waals surface area contributed by atoms with E-state index in [0.717, 1.165) is 41.7 Å². The standard InChI is InChI=1S/C13H21BrN4/c1-3-15-12-11(14)13(17-9-16-12)18(4-2)8-10-6-5-7-10/h9-10H,3-8H2,1-2H3,(H,15,16,17). The second kappa shape index (κ2) is 6.36. The summed E-state index contributed by atoms with van der Waals surface area (Å²) in [6, 6.07) is 0. The Labute approximate surface area is 117 Å². The monoisotopic (exact) mass is 312 g/mol. The number of aromatic nitrogens is 2. The van der Waals surface area contributed by atoms with Crippen LogP contribution < -0.4 is 10.2 Å². The van der Waals surface area contributed by atoms with Crippen LogP contribution in [-0.4, -0.2) is 29.6 Å². The van der Waals surface area contributed by atoms with Crippen LogP contribution in [0.15, 0.2) is 10.8 Å². The van der Waals surface area contributed by atoms with Crippen LogP contribution in [-0.2, 0) is 0 Å². The van der Waals surface area contributed by atoms with Gasteiger partial charge in [-0.2, -0.15) is 0 Å². The van der Waals surface area contributed by atoms with Crippen LogP contribution in [0.5, 0.6) is 0 Å². The van der Waals surface area contributed by atoms with Gasteiger partial charge in [0.15, 0.2) is 0 Å². The summed E-state index contributed by atoms with van der Waals surface area (Å²) < 4.78 is 0.980. The molecule has 100 valence electrons. The van der Waals surface area contributed by atoms with Crippen molar-refractivity contribution in [3.63, 3.8) is 0 Å². The highest BCUT2D eigenvalue weighted by molar-refractivity contribution is 9.10. The Bertz CT molecular complexity index is 393. The van der Waals surface area contributed by atoms with E-state index >= 15 is 0 Å². The lowest BCUT2D eigenvalue weighted by Gasteiger charge is -2.33. The number of nitrogens with zero attached hydrogens (tertiary/aromatic N) is 3. The fraction of sp³-hybridized carbons (Fsp3) is 0.692. The average molecular weight is 313 g/mol. The van der Waals surface area contributed by atoms with E-state index in [1.165, 1.54) is 19.3 Å². The Morgan fingerprint density at radius 2 is 2.17 bits per heavy atom. The minimum atomic E-state index is 0.842. The molecule has 4 nitrogen and oxygen atoms in total. The van der Waals surface area contributed by atoms with Gasteiger partial charge in [0.2, 0.25) is 0 Å². The molecule has 1 aromatic rings. The predicted molar refractivity (Wildman–Crippen MR) is 79.1 cm³/mol. The quantitative estimate of drug-likeness (QED) is 0.875. The Balaban J connectivity index is 2.15. The highest BCUT2D eigenvalue weighted by atomic mass is 79.9. The smallest absolute Gasteiger partial charge is 0.148 e. The first-order valence-corrected chi connectivity index (χ1v) is 7.54. The largest absolute Gasteiger partial charge is 0.369 e. The maximum Gasteiger partial charge on any atom is 0.148 e. The van der Waals surface area contributed by atoms with Gasteiger partial charge in [-0.15, -0.1) is 0 Å². The molecular weight excluding hydrogens is 292 g/mol. The van der Waals surface area contributed by atoms with Crippen LogP contribution in [0.25, 0.3) is 0 Å².